The van der Waals surface area contributed by atoms with Crippen LogP contribution in [-0.2, 0) is 4.79 Å². The average molecular weight is 254 g/mol. The van der Waals surface area contributed by atoms with Crippen LogP contribution in [-0.4, -0.2) is 35.2 Å². The summed E-state index contributed by atoms with van der Waals surface area (Å²) in [5.74, 6) is -0.413. The van der Waals surface area contributed by atoms with Crippen molar-refractivity contribution in [2.24, 2.45) is 0 Å². The third kappa shape index (κ3) is 4.38. The summed E-state index contributed by atoms with van der Waals surface area (Å²) in [4.78, 5) is 21.4. The molecule has 1 amide bonds. The van der Waals surface area contributed by atoms with Gasteiger partial charge in [-0.1, -0.05) is 12.1 Å². The Labute approximate surface area is 104 Å². The minimum atomic E-state index is -0.653. The predicted molar refractivity (Wildman–Crippen MR) is 63.3 cm³/mol. The fourth-order valence-electron chi connectivity index (χ4n) is 1.19. The number of aliphatic hydroxyl groups is 1. The van der Waals surface area contributed by atoms with Crippen molar-refractivity contribution in [3.8, 4) is 5.75 Å². The Balaban J connectivity index is 2.53. The van der Waals surface area contributed by atoms with E-state index in [1.54, 1.807) is 6.07 Å². The summed E-state index contributed by atoms with van der Waals surface area (Å²) in [5, 5.41) is 22.0. The quantitative estimate of drug-likeness (QED) is 0.567. The molecule has 1 aromatic rings. The average Bonchev–Trinajstić information content (AvgIpc) is 2.34. The molecule has 98 valence electrons. The first-order chi connectivity index (χ1) is 8.50. The Morgan fingerprint density at radius 2 is 2.22 bits per heavy atom. The number of hydrogen-bond donors (Lipinski definition) is 2. The lowest BCUT2D eigenvalue weighted by molar-refractivity contribution is -0.385. The van der Waals surface area contributed by atoms with Crippen molar-refractivity contribution in [2.75, 3.05) is 13.2 Å². The van der Waals surface area contributed by atoms with Crippen LogP contribution in [0.4, 0.5) is 5.69 Å². The standard InChI is InChI=1S/C11H14N2O5/c1-8(14)6-12-11(15)7-18-10-5-3-2-4-9(10)13(16)17/h2-5,8,14H,6-7H2,1H3,(H,12,15)/t8-/m0/s1. The molecule has 0 aromatic heterocycles. The summed E-state index contributed by atoms with van der Waals surface area (Å²) in [5.41, 5.74) is -0.194. The molecule has 2 N–H and O–H groups in total. The molecule has 0 fully saturated rings. The van der Waals surface area contributed by atoms with Gasteiger partial charge in [0.2, 0.25) is 0 Å². The lowest BCUT2D eigenvalue weighted by Crippen LogP contribution is -2.34. The number of nitrogens with one attached hydrogen (secondary N) is 1. The van der Waals surface area contributed by atoms with Gasteiger partial charge in [-0.05, 0) is 13.0 Å². The number of aliphatic hydroxyl groups excluding tert-OH is 1. The summed E-state index contributed by atoms with van der Waals surface area (Å²) >= 11 is 0. The number of nitro benzene ring substituents is 1. The molecule has 0 saturated heterocycles. The fraction of sp³-hybridized carbons (Fsp3) is 0.364. The highest BCUT2D eigenvalue weighted by atomic mass is 16.6. The van der Waals surface area contributed by atoms with Gasteiger partial charge in [0.05, 0.1) is 11.0 Å². The summed E-state index contributed by atoms with van der Waals surface area (Å²) in [7, 11) is 0. The lowest BCUT2D eigenvalue weighted by Gasteiger charge is -2.08. The molecule has 0 aliphatic carbocycles. The molecule has 1 aromatic carbocycles. The number of ether oxygens (including phenoxy) is 1. The van der Waals surface area contributed by atoms with Gasteiger partial charge in [-0.2, -0.15) is 0 Å². The molecule has 7 nitrogen and oxygen atoms in total. The topological polar surface area (TPSA) is 102 Å². The second-order valence-electron chi connectivity index (χ2n) is 3.67. The van der Waals surface area contributed by atoms with Gasteiger partial charge >= 0.3 is 5.69 Å². The van der Waals surface area contributed by atoms with E-state index in [4.69, 9.17) is 9.84 Å². The number of carbonyl (C=O) groups excluding carboxylic acids is 1. The van der Waals surface area contributed by atoms with Crippen molar-refractivity contribution in [2.45, 2.75) is 13.0 Å². The Bertz CT molecular complexity index is 433. The van der Waals surface area contributed by atoms with Gasteiger partial charge in [0, 0.05) is 12.6 Å². The van der Waals surface area contributed by atoms with Crippen molar-refractivity contribution in [3.63, 3.8) is 0 Å². The predicted octanol–water partition coefficient (Wildman–Crippen LogP) is 0.471. The zero-order chi connectivity index (χ0) is 13.5. The molecule has 1 atom stereocenters. The van der Waals surface area contributed by atoms with E-state index in [9.17, 15) is 14.9 Å². The molecule has 7 heteroatoms. The first-order valence-corrected chi connectivity index (χ1v) is 5.31. The minimum Gasteiger partial charge on any atom is -0.477 e. The molecular weight excluding hydrogens is 240 g/mol. The molecule has 0 aliphatic heterocycles. The summed E-state index contributed by atoms with van der Waals surface area (Å²) in [6.45, 7) is 1.31. The number of carbonyl (C=O) groups is 1. The molecule has 1 rings (SSSR count). The van der Waals surface area contributed by atoms with E-state index in [-0.39, 0.29) is 24.6 Å². The summed E-state index contributed by atoms with van der Waals surface area (Å²) in [6.07, 6.45) is -0.653. The van der Waals surface area contributed by atoms with Gasteiger partial charge in [0.15, 0.2) is 12.4 Å². The Morgan fingerprint density at radius 3 is 2.83 bits per heavy atom. The maximum absolute atomic E-state index is 11.3. The molecule has 18 heavy (non-hydrogen) atoms. The molecule has 0 saturated carbocycles. The molecule has 0 spiro atoms. The highest BCUT2D eigenvalue weighted by molar-refractivity contribution is 5.77. The zero-order valence-electron chi connectivity index (χ0n) is 9.83. The first-order valence-electron chi connectivity index (χ1n) is 5.31. The first kappa shape index (κ1) is 13.9. The molecule has 0 radical (unpaired) electrons. The van der Waals surface area contributed by atoms with Gasteiger partial charge in [-0.3, -0.25) is 14.9 Å². The number of nitro groups is 1. The number of rotatable bonds is 6. The van der Waals surface area contributed by atoms with Gasteiger partial charge in [0.1, 0.15) is 0 Å². The number of benzene rings is 1. The van der Waals surface area contributed by atoms with Crippen molar-refractivity contribution in [3.05, 3.63) is 34.4 Å². The largest absolute Gasteiger partial charge is 0.477 e. The molecular formula is C11H14N2O5. The van der Waals surface area contributed by atoms with E-state index in [0.29, 0.717) is 0 Å². The van der Waals surface area contributed by atoms with Crippen LogP contribution >= 0.6 is 0 Å². The maximum atomic E-state index is 11.3. The van der Waals surface area contributed by atoms with Crippen LogP contribution in [0.2, 0.25) is 0 Å². The number of nitrogens with zero attached hydrogens (tertiary/aromatic N) is 1. The molecule has 0 aliphatic rings. The van der Waals surface area contributed by atoms with E-state index >= 15 is 0 Å². The van der Waals surface area contributed by atoms with Crippen molar-refractivity contribution < 1.29 is 19.6 Å². The van der Waals surface area contributed by atoms with Crippen LogP contribution in [0.25, 0.3) is 0 Å². The van der Waals surface area contributed by atoms with E-state index in [1.807, 2.05) is 0 Å². The van der Waals surface area contributed by atoms with Crippen LogP contribution in [0.5, 0.6) is 5.75 Å². The highest BCUT2D eigenvalue weighted by Crippen LogP contribution is 2.25. The van der Waals surface area contributed by atoms with Crippen molar-refractivity contribution >= 4 is 11.6 Å². The van der Waals surface area contributed by atoms with Gasteiger partial charge < -0.3 is 15.2 Å². The normalized spacial score (nSPS) is 11.7. The number of para-hydroxylation sites is 2. The van der Waals surface area contributed by atoms with E-state index in [2.05, 4.69) is 5.32 Å². The highest BCUT2D eigenvalue weighted by Gasteiger charge is 2.14. The van der Waals surface area contributed by atoms with Crippen molar-refractivity contribution in [1.82, 2.24) is 5.32 Å². The SMILES string of the molecule is C[C@H](O)CNC(=O)COc1ccccc1[N+](=O)[O-]. The number of amides is 1. The summed E-state index contributed by atoms with van der Waals surface area (Å²) < 4.78 is 5.06. The molecule has 0 bridgehead atoms. The second kappa shape index (κ2) is 6.55. The number of hydrogen-bond acceptors (Lipinski definition) is 5. The van der Waals surface area contributed by atoms with Gasteiger partial charge in [-0.25, -0.2) is 0 Å². The van der Waals surface area contributed by atoms with Crippen LogP contribution < -0.4 is 10.1 Å². The van der Waals surface area contributed by atoms with Gasteiger partial charge in [-0.15, -0.1) is 0 Å². The third-order valence-corrected chi connectivity index (χ3v) is 2.02. The lowest BCUT2D eigenvalue weighted by atomic mass is 10.3. The van der Waals surface area contributed by atoms with E-state index in [0.717, 1.165) is 0 Å². The van der Waals surface area contributed by atoms with Crippen LogP contribution in [0.15, 0.2) is 24.3 Å². The van der Waals surface area contributed by atoms with Crippen LogP contribution in [0.3, 0.4) is 0 Å². The van der Waals surface area contributed by atoms with E-state index in [1.165, 1.54) is 25.1 Å². The monoisotopic (exact) mass is 254 g/mol. The Hall–Kier alpha value is -2.15. The second-order valence-corrected chi connectivity index (χ2v) is 3.67. The van der Waals surface area contributed by atoms with Gasteiger partial charge in [0.25, 0.3) is 5.91 Å². The maximum Gasteiger partial charge on any atom is 0.310 e. The van der Waals surface area contributed by atoms with Crippen molar-refractivity contribution in [1.29, 1.82) is 0 Å². The Kier molecular flexibility index (Phi) is 5.06. The fourth-order valence-corrected chi connectivity index (χ4v) is 1.19. The minimum absolute atomic E-state index is 0.0368. The van der Waals surface area contributed by atoms with E-state index < -0.39 is 16.9 Å². The summed E-state index contributed by atoms with van der Waals surface area (Å²) in [6, 6.07) is 5.80. The smallest absolute Gasteiger partial charge is 0.310 e. The van der Waals surface area contributed by atoms with Crippen LogP contribution in [0, 0.1) is 10.1 Å². The molecule has 0 heterocycles. The third-order valence-electron chi connectivity index (χ3n) is 2.02. The Morgan fingerprint density at radius 1 is 1.56 bits per heavy atom. The van der Waals surface area contributed by atoms with Crippen LogP contribution in [0.1, 0.15) is 6.92 Å². The zero-order valence-corrected chi connectivity index (χ0v) is 9.83. The molecule has 0 unspecified atom stereocenters.